The molecule has 0 aliphatic carbocycles. The van der Waals surface area contributed by atoms with Crippen molar-refractivity contribution in [2.75, 3.05) is 13.1 Å². The third-order valence-electron chi connectivity index (χ3n) is 4.84. The van der Waals surface area contributed by atoms with Crippen molar-refractivity contribution in [2.45, 2.75) is 12.5 Å². The van der Waals surface area contributed by atoms with Gasteiger partial charge in [-0.15, -0.1) is 0 Å². The number of nitrogens with zero attached hydrogens (tertiary/aromatic N) is 8. The van der Waals surface area contributed by atoms with E-state index < -0.39 is 6.09 Å². The molecule has 1 amide bonds. The molecular weight excluding hydrogens is 364 g/mol. The van der Waals surface area contributed by atoms with Crippen molar-refractivity contribution in [3.05, 3.63) is 31.0 Å². The molecule has 0 spiro atoms. The first-order valence-electron chi connectivity index (χ1n) is 8.72. The molecule has 0 aromatic carbocycles. The largest absolute Gasteiger partial charge is 0.471 e. The van der Waals surface area contributed by atoms with Crippen LogP contribution in [0.4, 0.5) is 4.79 Å². The van der Waals surface area contributed by atoms with Crippen LogP contribution in [0.1, 0.15) is 6.42 Å². The lowest BCUT2D eigenvalue weighted by Gasteiger charge is -2.13. The summed E-state index contributed by atoms with van der Waals surface area (Å²) in [6.07, 6.45) is 6.04. The van der Waals surface area contributed by atoms with Crippen molar-refractivity contribution < 1.29 is 14.6 Å². The van der Waals surface area contributed by atoms with E-state index in [4.69, 9.17) is 14.8 Å². The Bertz CT molecular complexity index is 1200. The minimum atomic E-state index is -0.945. The molecule has 142 valence electrons. The van der Waals surface area contributed by atoms with E-state index in [0.29, 0.717) is 48.0 Å². The summed E-state index contributed by atoms with van der Waals surface area (Å²) in [4.78, 5) is 30.1. The molecule has 4 aromatic heterocycles. The Hall–Kier alpha value is -3.76. The fourth-order valence-corrected chi connectivity index (χ4v) is 3.45. The average Bonchev–Trinajstić information content (AvgIpc) is 3.40. The van der Waals surface area contributed by atoms with E-state index >= 15 is 0 Å². The molecule has 11 heteroatoms. The van der Waals surface area contributed by atoms with Crippen LogP contribution in [-0.4, -0.2) is 69.4 Å². The fraction of sp³-hybridized carbons (Fsp3) is 0.294. The summed E-state index contributed by atoms with van der Waals surface area (Å²) in [7, 11) is 1.86. The Morgan fingerprint density at radius 3 is 3.00 bits per heavy atom. The van der Waals surface area contributed by atoms with Crippen molar-refractivity contribution >= 4 is 22.9 Å². The van der Waals surface area contributed by atoms with Crippen LogP contribution in [0.15, 0.2) is 31.0 Å². The van der Waals surface area contributed by atoms with Gasteiger partial charge >= 0.3 is 6.09 Å². The summed E-state index contributed by atoms with van der Waals surface area (Å²) >= 11 is 0. The first kappa shape index (κ1) is 16.4. The predicted octanol–water partition coefficient (Wildman–Crippen LogP) is 1.20. The van der Waals surface area contributed by atoms with Gasteiger partial charge in [-0.05, 0) is 6.07 Å². The fourth-order valence-electron chi connectivity index (χ4n) is 3.45. The number of likely N-dealkylation sites (tertiary alicyclic amines) is 1. The molecule has 28 heavy (non-hydrogen) atoms. The maximum Gasteiger partial charge on any atom is 0.407 e. The predicted molar refractivity (Wildman–Crippen MR) is 96.9 cm³/mol. The van der Waals surface area contributed by atoms with Crippen LogP contribution >= 0.6 is 0 Å². The number of amides is 1. The van der Waals surface area contributed by atoms with Gasteiger partial charge in [-0.1, -0.05) is 0 Å². The lowest BCUT2D eigenvalue weighted by Crippen LogP contribution is -2.29. The van der Waals surface area contributed by atoms with Crippen molar-refractivity contribution in [1.29, 1.82) is 0 Å². The van der Waals surface area contributed by atoms with E-state index in [1.54, 1.807) is 23.0 Å². The topological polar surface area (TPSA) is 124 Å². The summed E-state index contributed by atoms with van der Waals surface area (Å²) in [5.41, 5.74) is 2.58. The molecule has 5 rings (SSSR count). The van der Waals surface area contributed by atoms with E-state index in [2.05, 4.69) is 20.1 Å². The summed E-state index contributed by atoms with van der Waals surface area (Å²) < 4.78 is 9.49. The molecule has 5 heterocycles. The van der Waals surface area contributed by atoms with Crippen molar-refractivity contribution in [3.63, 3.8) is 0 Å². The van der Waals surface area contributed by atoms with Gasteiger partial charge in [0.2, 0.25) is 5.88 Å². The van der Waals surface area contributed by atoms with Crippen LogP contribution in [0.5, 0.6) is 5.88 Å². The number of fused-ring (bicyclic) bond motifs is 2. The molecule has 11 nitrogen and oxygen atoms in total. The molecular formula is C17H16N8O3. The number of aromatic nitrogens is 7. The van der Waals surface area contributed by atoms with Gasteiger partial charge in [0.05, 0.1) is 18.3 Å². The Morgan fingerprint density at radius 1 is 1.29 bits per heavy atom. The van der Waals surface area contributed by atoms with Crippen LogP contribution < -0.4 is 4.74 Å². The highest BCUT2D eigenvalue weighted by Crippen LogP contribution is 2.29. The van der Waals surface area contributed by atoms with Gasteiger partial charge in [0.1, 0.15) is 18.3 Å². The second-order valence-corrected chi connectivity index (χ2v) is 6.55. The Balaban J connectivity index is 1.55. The third kappa shape index (κ3) is 2.51. The highest BCUT2D eigenvalue weighted by atomic mass is 16.5. The number of carbonyl (C=O) groups is 1. The molecule has 0 bridgehead atoms. The maximum absolute atomic E-state index is 11.1. The second-order valence-electron chi connectivity index (χ2n) is 6.55. The van der Waals surface area contributed by atoms with Crippen molar-refractivity contribution in [2.24, 2.45) is 7.05 Å². The first-order valence-corrected chi connectivity index (χ1v) is 8.72. The van der Waals surface area contributed by atoms with E-state index in [-0.39, 0.29) is 6.10 Å². The lowest BCUT2D eigenvalue weighted by atomic mass is 10.3. The van der Waals surface area contributed by atoms with Gasteiger partial charge < -0.3 is 19.3 Å². The van der Waals surface area contributed by atoms with Gasteiger partial charge in [-0.2, -0.15) is 10.1 Å². The number of carboxylic acid groups (broad SMARTS) is 1. The standard InChI is InChI=1S/C17H16N8O3/c1-23-14(11-7-21-25-5-2-4-18-13(11)25)22-12-15(23)19-9-20-16(12)28-10-3-6-24(8-10)17(26)27/h2,4-5,7,9-10H,3,6,8H2,1H3,(H,26,27). The van der Waals surface area contributed by atoms with E-state index in [1.807, 2.05) is 17.8 Å². The summed E-state index contributed by atoms with van der Waals surface area (Å²) in [5, 5.41) is 13.4. The number of ether oxygens (including phenoxy) is 1. The molecule has 1 fully saturated rings. The minimum absolute atomic E-state index is 0.265. The van der Waals surface area contributed by atoms with Crippen LogP contribution in [0, 0.1) is 0 Å². The van der Waals surface area contributed by atoms with Crippen molar-refractivity contribution in [1.82, 2.24) is 39.0 Å². The molecule has 0 saturated carbocycles. The molecule has 4 aromatic rings. The number of hydrogen-bond donors (Lipinski definition) is 1. The van der Waals surface area contributed by atoms with Gasteiger partial charge in [0.15, 0.2) is 16.8 Å². The van der Waals surface area contributed by atoms with Crippen LogP contribution in [-0.2, 0) is 7.05 Å². The monoisotopic (exact) mass is 380 g/mol. The molecule has 1 saturated heterocycles. The van der Waals surface area contributed by atoms with Gasteiger partial charge in [-0.25, -0.2) is 24.3 Å². The van der Waals surface area contributed by atoms with Gasteiger partial charge in [-0.3, -0.25) is 0 Å². The van der Waals surface area contributed by atoms with Gasteiger partial charge in [0, 0.05) is 32.4 Å². The number of rotatable bonds is 3. The third-order valence-corrected chi connectivity index (χ3v) is 4.84. The molecule has 1 aliphatic rings. The molecule has 0 radical (unpaired) electrons. The maximum atomic E-state index is 11.1. The SMILES string of the molecule is Cn1c(-c2cnn3cccnc23)nc2c(OC3CCN(C(=O)O)C3)ncnc21. The second kappa shape index (κ2) is 6.15. The highest BCUT2D eigenvalue weighted by molar-refractivity contribution is 5.84. The minimum Gasteiger partial charge on any atom is -0.471 e. The summed E-state index contributed by atoms with van der Waals surface area (Å²) in [6.45, 7) is 0.744. The quantitative estimate of drug-likeness (QED) is 0.562. The first-order chi connectivity index (χ1) is 13.6. The van der Waals surface area contributed by atoms with Crippen molar-refractivity contribution in [3.8, 4) is 17.3 Å². The smallest absolute Gasteiger partial charge is 0.407 e. The number of imidazole rings is 1. The number of hydrogen-bond acceptors (Lipinski definition) is 7. The Kier molecular flexibility index (Phi) is 3.60. The Morgan fingerprint density at radius 2 is 2.18 bits per heavy atom. The number of aryl methyl sites for hydroxylation is 1. The zero-order valence-corrected chi connectivity index (χ0v) is 14.9. The molecule has 1 unspecified atom stereocenters. The molecule has 1 aliphatic heterocycles. The van der Waals surface area contributed by atoms with Gasteiger partial charge in [0.25, 0.3) is 0 Å². The summed E-state index contributed by atoms with van der Waals surface area (Å²) in [5.74, 6) is 0.987. The lowest BCUT2D eigenvalue weighted by molar-refractivity contribution is 0.145. The highest BCUT2D eigenvalue weighted by Gasteiger charge is 2.29. The van der Waals surface area contributed by atoms with E-state index in [1.165, 1.54) is 11.2 Å². The van der Waals surface area contributed by atoms with Crippen LogP contribution in [0.3, 0.4) is 0 Å². The molecule has 1 atom stereocenters. The van der Waals surface area contributed by atoms with Crippen LogP contribution in [0.25, 0.3) is 28.2 Å². The normalized spacial score (nSPS) is 16.9. The van der Waals surface area contributed by atoms with Crippen LogP contribution in [0.2, 0.25) is 0 Å². The Labute approximate surface area is 158 Å². The summed E-state index contributed by atoms with van der Waals surface area (Å²) in [6, 6.07) is 1.80. The zero-order valence-electron chi connectivity index (χ0n) is 14.9. The van der Waals surface area contributed by atoms with E-state index in [9.17, 15) is 4.79 Å². The molecule has 1 N–H and O–H groups in total. The van der Waals surface area contributed by atoms with E-state index in [0.717, 1.165) is 5.56 Å². The zero-order chi connectivity index (χ0) is 19.3. The average molecular weight is 380 g/mol.